The zero-order chi connectivity index (χ0) is 15.9. The third-order valence-corrected chi connectivity index (χ3v) is 2.12. The first-order valence-electron chi connectivity index (χ1n) is 6.72. The summed E-state index contributed by atoms with van der Waals surface area (Å²) in [4.78, 5) is 35.3. The van der Waals surface area contributed by atoms with E-state index in [-0.39, 0.29) is 25.0 Å². The maximum Gasteiger partial charge on any atom is 0.322 e. The molecule has 0 rings (SSSR count). The molecule has 0 bridgehead atoms. The Kier molecular flexibility index (Phi) is 7.20. The summed E-state index contributed by atoms with van der Waals surface area (Å²) in [6.07, 6.45) is 0. The highest BCUT2D eigenvalue weighted by atomic mass is 16.2. The molecule has 0 aliphatic carbocycles. The van der Waals surface area contributed by atoms with Crippen LogP contribution in [0.1, 0.15) is 34.6 Å². The molecule has 0 aromatic carbocycles. The molecule has 4 amide bonds. The maximum atomic E-state index is 11.6. The van der Waals surface area contributed by atoms with Gasteiger partial charge in [0.05, 0.1) is 7.05 Å². The van der Waals surface area contributed by atoms with Crippen LogP contribution in [0.2, 0.25) is 0 Å². The van der Waals surface area contributed by atoms with Crippen molar-refractivity contribution in [1.82, 2.24) is 16.0 Å². The fraction of sp³-hybridized carbons (Fsp3) is 0.769. The minimum absolute atomic E-state index is 0.0586. The number of imide groups is 1. The molecule has 0 fully saturated rings. The second-order valence-electron chi connectivity index (χ2n) is 6.29. The van der Waals surface area contributed by atoms with E-state index in [1.54, 1.807) is 7.05 Å². The average molecular weight is 287 g/mol. The van der Waals surface area contributed by atoms with Crippen LogP contribution in [-0.4, -0.2) is 49.6 Å². The molecule has 1 atom stereocenters. The van der Waals surface area contributed by atoms with Crippen molar-refractivity contribution in [3.8, 4) is 0 Å². The van der Waals surface area contributed by atoms with Gasteiger partial charge in [0.2, 0.25) is 0 Å². The van der Waals surface area contributed by atoms with Crippen LogP contribution >= 0.6 is 0 Å². The highest BCUT2D eigenvalue weighted by molar-refractivity contribution is 5.95. The Morgan fingerprint density at radius 3 is 2.00 bits per heavy atom. The third-order valence-electron chi connectivity index (χ3n) is 2.12. The van der Waals surface area contributed by atoms with Crippen molar-refractivity contribution >= 4 is 17.8 Å². The summed E-state index contributed by atoms with van der Waals surface area (Å²) in [5.41, 5.74) is -0.403. The average Bonchev–Trinajstić information content (AvgIpc) is 2.09. The molecule has 0 saturated heterocycles. The van der Waals surface area contributed by atoms with Gasteiger partial charge in [0.1, 0.15) is 0 Å². The SMILES string of the molecule is CC(C)NC(=O)C[NH+](C)CC(=O)NC(=O)NC(C)(C)C. The number of likely N-dealkylation sites (N-methyl/N-ethyl adjacent to an activating group) is 1. The van der Waals surface area contributed by atoms with E-state index in [1.807, 2.05) is 34.6 Å². The molecule has 7 nitrogen and oxygen atoms in total. The Balaban J connectivity index is 4.08. The van der Waals surface area contributed by atoms with Gasteiger partial charge in [-0.05, 0) is 34.6 Å². The van der Waals surface area contributed by atoms with E-state index in [2.05, 4.69) is 16.0 Å². The predicted octanol–water partition coefficient (Wildman–Crippen LogP) is -1.35. The summed E-state index contributed by atoms with van der Waals surface area (Å²) in [5.74, 6) is -0.536. The van der Waals surface area contributed by atoms with Gasteiger partial charge in [-0.1, -0.05) is 0 Å². The Hall–Kier alpha value is -1.63. The standard InChI is InChI=1S/C13H26N4O3/c1-9(2)14-10(18)7-17(6)8-11(19)15-12(20)16-13(3,4)5/h9H,7-8H2,1-6H3,(H,14,18)(H2,15,16,19,20)/p+1. The van der Waals surface area contributed by atoms with Crippen LogP contribution in [0.4, 0.5) is 4.79 Å². The largest absolute Gasteiger partial charge is 0.349 e. The highest BCUT2D eigenvalue weighted by Crippen LogP contribution is 1.96. The number of rotatable bonds is 5. The topological polar surface area (TPSA) is 91.7 Å². The van der Waals surface area contributed by atoms with Crippen molar-refractivity contribution in [1.29, 1.82) is 0 Å². The molecule has 1 unspecified atom stereocenters. The second kappa shape index (κ2) is 7.84. The molecule has 0 saturated carbocycles. The lowest BCUT2D eigenvalue weighted by Crippen LogP contribution is -3.11. The van der Waals surface area contributed by atoms with E-state index in [0.29, 0.717) is 4.90 Å². The Morgan fingerprint density at radius 1 is 1.05 bits per heavy atom. The van der Waals surface area contributed by atoms with Crippen LogP contribution in [0.15, 0.2) is 0 Å². The molecule has 0 aromatic heterocycles. The molecule has 116 valence electrons. The predicted molar refractivity (Wildman–Crippen MR) is 76.3 cm³/mol. The molecule has 0 aromatic rings. The number of urea groups is 1. The second-order valence-corrected chi connectivity index (χ2v) is 6.29. The van der Waals surface area contributed by atoms with Crippen LogP contribution in [0.5, 0.6) is 0 Å². The fourth-order valence-electron chi connectivity index (χ4n) is 1.53. The van der Waals surface area contributed by atoms with Gasteiger partial charge in [0.25, 0.3) is 11.8 Å². The lowest BCUT2D eigenvalue weighted by Gasteiger charge is -2.20. The first-order chi connectivity index (χ1) is 8.99. The Labute approximate surface area is 120 Å². The van der Waals surface area contributed by atoms with E-state index in [0.717, 1.165) is 0 Å². The van der Waals surface area contributed by atoms with Crippen molar-refractivity contribution in [2.45, 2.75) is 46.2 Å². The smallest absolute Gasteiger partial charge is 0.322 e. The highest BCUT2D eigenvalue weighted by Gasteiger charge is 2.19. The van der Waals surface area contributed by atoms with Gasteiger partial charge in [-0.2, -0.15) is 0 Å². The molecular formula is C13H27N4O3+. The normalized spacial score (nSPS) is 12.8. The number of quaternary nitrogens is 1. The Morgan fingerprint density at radius 2 is 1.55 bits per heavy atom. The van der Waals surface area contributed by atoms with Crippen LogP contribution in [0, 0.1) is 0 Å². The van der Waals surface area contributed by atoms with E-state index in [9.17, 15) is 14.4 Å². The van der Waals surface area contributed by atoms with Gasteiger partial charge in [0.15, 0.2) is 13.1 Å². The molecule has 4 N–H and O–H groups in total. The van der Waals surface area contributed by atoms with Crippen LogP contribution in [-0.2, 0) is 9.59 Å². The Bertz CT molecular complexity index is 361. The van der Waals surface area contributed by atoms with Crippen LogP contribution in [0.25, 0.3) is 0 Å². The fourth-order valence-corrected chi connectivity index (χ4v) is 1.53. The quantitative estimate of drug-likeness (QED) is 0.504. The minimum Gasteiger partial charge on any atom is -0.349 e. The zero-order valence-corrected chi connectivity index (χ0v) is 13.2. The molecule has 0 radical (unpaired) electrons. The molecule has 0 spiro atoms. The van der Waals surface area contributed by atoms with E-state index in [1.165, 1.54) is 0 Å². The van der Waals surface area contributed by atoms with Crippen molar-refractivity contribution in [3.63, 3.8) is 0 Å². The lowest BCUT2D eigenvalue weighted by molar-refractivity contribution is -0.862. The van der Waals surface area contributed by atoms with Gasteiger partial charge >= 0.3 is 6.03 Å². The summed E-state index contributed by atoms with van der Waals surface area (Å²) in [6, 6.07) is -0.455. The maximum absolute atomic E-state index is 11.6. The molecule has 0 aliphatic heterocycles. The first-order valence-corrected chi connectivity index (χ1v) is 6.72. The summed E-state index contributed by atoms with van der Waals surface area (Å²) in [6.45, 7) is 9.46. The summed E-state index contributed by atoms with van der Waals surface area (Å²) in [7, 11) is 1.72. The van der Waals surface area contributed by atoms with Crippen molar-refractivity contribution in [3.05, 3.63) is 0 Å². The molecule has 20 heavy (non-hydrogen) atoms. The number of carbonyl (C=O) groups excluding carboxylic acids is 3. The molecular weight excluding hydrogens is 260 g/mol. The molecule has 0 heterocycles. The molecule has 7 heteroatoms. The van der Waals surface area contributed by atoms with Gasteiger partial charge in [-0.25, -0.2) is 4.79 Å². The lowest BCUT2D eigenvalue weighted by atomic mass is 10.1. The summed E-state index contributed by atoms with van der Waals surface area (Å²) >= 11 is 0. The van der Waals surface area contributed by atoms with Gasteiger partial charge in [0, 0.05) is 11.6 Å². The summed E-state index contributed by atoms with van der Waals surface area (Å²) < 4.78 is 0. The van der Waals surface area contributed by atoms with Crippen molar-refractivity contribution < 1.29 is 19.3 Å². The summed E-state index contributed by atoms with van der Waals surface area (Å²) in [5, 5.41) is 7.62. The number of nitrogens with one attached hydrogen (secondary N) is 4. The first kappa shape index (κ1) is 18.4. The van der Waals surface area contributed by atoms with Crippen molar-refractivity contribution in [2.24, 2.45) is 0 Å². The van der Waals surface area contributed by atoms with E-state index in [4.69, 9.17) is 0 Å². The zero-order valence-electron chi connectivity index (χ0n) is 13.2. The van der Waals surface area contributed by atoms with E-state index >= 15 is 0 Å². The third kappa shape index (κ3) is 10.3. The number of hydrogen-bond donors (Lipinski definition) is 4. The monoisotopic (exact) mass is 287 g/mol. The van der Waals surface area contributed by atoms with Gasteiger partial charge in [-0.15, -0.1) is 0 Å². The molecule has 0 aliphatic rings. The van der Waals surface area contributed by atoms with Gasteiger partial charge < -0.3 is 15.5 Å². The van der Waals surface area contributed by atoms with E-state index < -0.39 is 17.5 Å². The van der Waals surface area contributed by atoms with Crippen LogP contribution in [0.3, 0.4) is 0 Å². The van der Waals surface area contributed by atoms with Crippen LogP contribution < -0.4 is 20.9 Å². The minimum atomic E-state index is -0.526. The number of hydrogen-bond acceptors (Lipinski definition) is 3. The number of amides is 4. The van der Waals surface area contributed by atoms with Crippen molar-refractivity contribution in [2.75, 3.05) is 20.1 Å². The number of carbonyl (C=O) groups is 3. The van der Waals surface area contributed by atoms with Gasteiger partial charge in [-0.3, -0.25) is 14.9 Å².